The lowest BCUT2D eigenvalue weighted by Crippen LogP contribution is -2.13. The number of hydrogen-bond donors (Lipinski definition) is 2. The van der Waals surface area contributed by atoms with E-state index in [9.17, 15) is 9.59 Å². The van der Waals surface area contributed by atoms with E-state index in [4.69, 9.17) is 14.6 Å². The van der Waals surface area contributed by atoms with Gasteiger partial charge in [-0.05, 0) is 66.3 Å². The van der Waals surface area contributed by atoms with Gasteiger partial charge < -0.3 is 19.9 Å². The highest BCUT2D eigenvalue weighted by molar-refractivity contribution is 6.05. The molecule has 0 aromatic heterocycles. The maximum absolute atomic E-state index is 12.7. The van der Waals surface area contributed by atoms with Crippen molar-refractivity contribution < 1.29 is 24.2 Å². The van der Waals surface area contributed by atoms with Gasteiger partial charge in [-0.15, -0.1) is 0 Å². The highest BCUT2D eigenvalue weighted by atomic mass is 16.5. The molecule has 3 rings (SSSR count). The Balaban J connectivity index is 1.53. The van der Waals surface area contributed by atoms with Crippen molar-refractivity contribution in [2.24, 2.45) is 5.92 Å². The Hall–Kier alpha value is -3.80. The van der Waals surface area contributed by atoms with Crippen LogP contribution < -0.4 is 14.8 Å². The minimum atomic E-state index is -0.864. The number of benzene rings is 3. The van der Waals surface area contributed by atoms with Crippen LogP contribution in [-0.2, 0) is 17.8 Å². The van der Waals surface area contributed by atoms with Gasteiger partial charge in [0.15, 0.2) is 0 Å². The largest absolute Gasteiger partial charge is 0.491 e. The first kappa shape index (κ1) is 24.8. The van der Waals surface area contributed by atoms with E-state index in [1.165, 1.54) is 5.56 Å². The van der Waals surface area contributed by atoms with Gasteiger partial charge in [0.1, 0.15) is 18.1 Å². The number of carbonyl (C=O) groups is 2. The number of nitrogens with one attached hydrogen (secondary N) is 1. The third kappa shape index (κ3) is 7.96. The molecule has 3 aromatic rings. The third-order valence-electron chi connectivity index (χ3n) is 5.12. The molecule has 3 aromatic carbocycles. The zero-order valence-corrected chi connectivity index (χ0v) is 19.6. The van der Waals surface area contributed by atoms with Crippen LogP contribution in [0.1, 0.15) is 48.2 Å². The fraction of sp³-hybridized carbons (Fsp3) is 0.286. The van der Waals surface area contributed by atoms with Crippen LogP contribution in [0.4, 0.5) is 5.69 Å². The average molecular weight is 462 g/mol. The van der Waals surface area contributed by atoms with Crippen molar-refractivity contribution in [2.75, 3.05) is 11.9 Å². The molecule has 0 heterocycles. The van der Waals surface area contributed by atoms with Gasteiger partial charge in [-0.1, -0.05) is 50.2 Å². The summed E-state index contributed by atoms with van der Waals surface area (Å²) < 4.78 is 11.5. The van der Waals surface area contributed by atoms with Crippen molar-refractivity contribution >= 4 is 17.6 Å². The highest BCUT2D eigenvalue weighted by Crippen LogP contribution is 2.25. The quantitative estimate of drug-likeness (QED) is 0.325. The predicted octanol–water partition coefficient (Wildman–Crippen LogP) is 5.96. The van der Waals surface area contributed by atoms with Crippen LogP contribution in [0, 0.1) is 5.92 Å². The van der Waals surface area contributed by atoms with Gasteiger partial charge in [0.05, 0.1) is 12.3 Å². The van der Waals surface area contributed by atoms with Gasteiger partial charge in [-0.3, -0.25) is 9.59 Å². The lowest BCUT2D eigenvalue weighted by molar-refractivity contribution is -0.137. The van der Waals surface area contributed by atoms with Crippen LogP contribution in [0.25, 0.3) is 0 Å². The monoisotopic (exact) mass is 461 g/mol. The first-order valence-electron chi connectivity index (χ1n) is 11.5. The van der Waals surface area contributed by atoms with E-state index in [0.29, 0.717) is 41.7 Å². The standard InChI is InChI=1S/C28H31NO5/c1-20(2)18-21-9-11-22(12-10-21)19-34-24-15-13-23(14-16-24)28(32)29-25-6-3-4-7-26(25)33-17-5-8-27(30)31/h3-4,6-7,9-16,20H,5,8,17-19H2,1-2H3,(H,29,32)(H,30,31). The van der Waals surface area contributed by atoms with E-state index in [2.05, 4.69) is 43.4 Å². The molecule has 0 saturated carbocycles. The molecule has 0 aliphatic heterocycles. The van der Waals surface area contributed by atoms with Crippen LogP contribution in [0.5, 0.6) is 11.5 Å². The molecule has 0 aliphatic carbocycles. The summed E-state index contributed by atoms with van der Waals surface area (Å²) in [5.74, 6) is 0.680. The smallest absolute Gasteiger partial charge is 0.303 e. The third-order valence-corrected chi connectivity index (χ3v) is 5.12. The molecule has 2 N–H and O–H groups in total. The van der Waals surface area contributed by atoms with E-state index in [1.807, 2.05) is 0 Å². The zero-order chi connectivity index (χ0) is 24.3. The normalized spacial score (nSPS) is 10.7. The molecule has 0 fully saturated rings. The van der Waals surface area contributed by atoms with E-state index in [1.54, 1.807) is 48.5 Å². The Morgan fingerprint density at radius 1 is 0.882 bits per heavy atom. The Bertz CT molecular complexity index is 1070. The van der Waals surface area contributed by atoms with E-state index >= 15 is 0 Å². The van der Waals surface area contributed by atoms with Gasteiger partial charge in [0.25, 0.3) is 5.91 Å². The van der Waals surface area contributed by atoms with Gasteiger partial charge >= 0.3 is 5.97 Å². The summed E-state index contributed by atoms with van der Waals surface area (Å²) in [7, 11) is 0. The number of rotatable bonds is 12. The molecule has 6 nitrogen and oxygen atoms in total. The van der Waals surface area contributed by atoms with Crippen molar-refractivity contribution in [3.8, 4) is 11.5 Å². The first-order valence-corrected chi connectivity index (χ1v) is 11.5. The van der Waals surface area contributed by atoms with E-state index in [0.717, 1.165) is 12.0 Å². The summed E-state index contributed by atoms with van der Waals surface area (Å²) in [6.07, 6.45) is 1.49. The maximum Gasteiger partial charge on any atom is 0.303 e. The molecule has 0 aliphatic rings. The Kier molecular flexibility index (Phi) is 9.09. The molecule has 0 spiro atoms. The number of carboxylic acid groups (broad SMARTS) is 1. The zero-order valence-electron chi connectivity index (χ0n) is 19.6. The second-order valence-corrected chi connectivity index (χ2v) is 8.52. The summed E-state index contributed by atoms with van der Waals surface area (Å²) in [6.45, 7) is 5.13. The van der Waals surface area contributed by atoms with Crippen LogP contribution >= 0.6 is 0 Å². The van der Waals surface area contributed by atoms with Gasteiger partial charge in [-0.25, -0.2) is 0 Å². The number of carbonyl (C=O) groups excluding carboxylic acids is 1. The fourth-order valence-corrected chi connectivity index (χ4v) is 3.41. The summed E-state index contributed by atoms with van der Waals surface area (Å²) in [5, 5.41) is 11.6. The summed E-state index contributed by atoms with van der Waals surface area (Å²) in [5.41, 5.74) is 3.44. The minimum absolute atomic E-state index is 0.0341. The Labute approximate surface area is 200 Å². The topological polar surface area (TPSA) is 84.9 Å². The number of hydrogen-bond acceptors (Lipinski definition) is 4. The molecule has 6 heteroatoms. The van der Waals surface area contributed by atoms with Crippen molar-refractivity contribution in [3.63, 3.8) is 0 Å². The van der Waals surface area contributed by atoms with Crippen LogP contribution in [0.3, 0.4) is 0 Å². The summed E-state index contributed by atoms with van der Waals surface area (Å²) in [6, 6.07) is 22.5. The number of amides is 1. The first-order chi connectivity index (χ1) is 16.4. The number of ether oxygens (including phenoxy) is 2. The van der Waals surface area contributed by atoms with Crippen LogP contribution in [0.15, 0.2) is 72.8 Å². The Morgan fingerprint density at radius 2 is 1.56 bits per heavy atom. The number of aliphatic carboxylic acids is 1. The number of carboxylic acids is 1. The maximum atomic E-state index is 12.7. The molecule has 0 radical (unpaired) electrons. The molecular weight excluding hydrogens is 430 g/mol. The van der Waals surface area contributed by atoms with Crippen LogP contribution in [-0.4, -0.2) is 23.6 Å². The predicted molar refractivity (Wildman–Crippen MR) is 133 cm³/mol. The minimum Gasteiger partial charge on any atom is -0.491 e. The molecule has 1 amide bonds. The lowest BCUT2D eigenvalue weighted by Gasteiger charge is -2.12. The summed E-state index contributed by atoms with van der Waals surface area (Å²) >= 11 is 0. The SMILES string of the molecule is CC(C)Cc1ccc(COc2ccc(C(=O)Nc3ccccc3OCCCC(=O)O)cc2)cc1. The molecule has 0 saturated heterocycles. The van der Waals surface area contributed by atoms with Gasteiger partial charge in [0, 0.05) is 12.0 Å². The van der Waals surface area contributed by atoms with E-state index < -0.39 is 5.97 Å². The van der Waals surface area contributed by atoms with Gasteiger partial charge in [-0.2, -0.15) is 0 Å². The average Bonchev–Trinajstić information content (AvgIpc) is 2.82. The Morgan fingerprint density at radius 3 is 2.24 bits per heavy atom. The second-order valence-electron chi connectivity index (χ2n) is 8.52. The number of para-hydroxylation sites is 2. The van der Waals surface area contributed by atoms with Gasteiger partial charge in [0.2, 0.25) is 0 Å². The van der Waals surface area contributed by atoms with Crippen molar-refractivity contribution in [2.45, 2.75) is 39.7 Å². The molecule has 0 unspecified atom stereocenters. The summed E-state index contributed by atoms with van der Waals surface area (Å²) in [4.78, 5) is 23.3. The molecule has 0 bridgehead atoms. The molecule has 0 atom stereocenters. The number of anilines is 1. The second kappa shape index (κ2) is 12.4. The van der Waals surface area contributed by atoms with Crippen molar-refractivity contribution in [3.05, 3.63) is 89.5 Å². The molecule has 178 valence electrons. The molecular formula is C28H31NO5. The van der Waals surface area contributed by atoms with Crippen LogP contribution in [0.2, 0.25) is 0 Å². The lowest BCUT2D eigenvalue weighted by atomic mass is 10.0. The highest BCUT2D eigenvalue weighted by Gasteiger charge is 2.10. The van der Waals surface area contributed by atoms with Crippen molar-refractivity contribution in [1.29, 1.82) is 0 Å². The van der Waals surface area contributed by atoms with E-state index in [-0.39, 0.29) is 18.9 Å². The molecule has 34 heavy (non-hydrogen) atoms. The fourth-order valence-electron chi connectivity index (χ4n) is 3.41. The van der Waals surface area contributed by atoms with Crippen molar-refractivity contribution in [1.82, 2.24) is 0 Å².